The van der Waals surface area contributed by atoms with Crippen LogP contribution in [0.15, 0.2) is 24.3 Å². The van der Waals surface area contributed by atoms with Gasteiger partial charge in [-0.3, -0.25) is 9.69 Å². The highest BCUT2D eigenvalue weighted by Gasteiger charge is 2.37. The average molecular weight is 410 g/mol. The summed E-state index contributed by atoms with van der Waals surface area (Å²) in [5.74, 6) is 0.815. The third-order valence-electron chi connectivity index (χ3n) is 5.63. The van der Waals surface area contributed by atoms with Crippen LogP contribution in [0.5, 0.6) is 5.75 Å². The van der Waals surface area contributed by atoms with Crippen molar-refractivity contribution in [1.82, 2.24) is 14.1 Å². The number of rotatable bonds is 5. The van der Waals surface area contributed by atoms with Crippen LogP contribution in [0.25, 0.3) is 0 Å². The van der Waals surface area contributed by atoms with E-state index in [1.807, 2.05) is 17.0 Å². The third-order valence-corrected chi connectivity index (χ3v) is 6.92. The van der Waals surface area contributed by atoms with Crippen LogP contribution in [-0.4, -0.2) is 80.6 Å². The van der Waals surface area contributed by atoms with E-state index in [0.717, 1.165) is 44.6 Å². The number of nitrogens with zero attached hydrogens (tertiary/aromatic N) is 3. The lowest BCUT2D eigenvalue weighted by Gasteiger charge is -2.35. The second-order valence-corrected chi connectivity index (χ2v) is 9.62. The molecule has 0 radical (unpaired) electrons. The molecule has 1 amide bonds. The molecular weight excluding hydrogens is 378 g/mol. The predicted octanol–water partition coefficient (Wildman–Crippen LogP) is 1.54. The van der Waals surface area contributed by atoms with Crippen LogP contribution in [0.1, 0.15) is 31.2 Å². The maximum Gasteiger partial charge on any atom is 0.241 e. The highest BCUT2D eigenvalue weighted by atomic mass is 32.2. The predicted molar refractivity (Wildman–Crippen MR) is 109 cm³/mol. The summed E-state index contributed by atoms with van der Waals surface area (Å²) >= 11 is 0. The number of amides is 1. The Balaban J connectivity index is 1.60. The molecular formula is C20H31N3O4S. The van der Waals surface area contributed by atoms with E-state index in [0.29, 0.717) is 26.1 Å². The first-order valence-electron chi connectivity index (χ1n) is 9.99. The smallest absolute Gasteiger partial charge is 0.241 e. The van der Waals surface area contributed by atoms with E-state index in [2.05, 4.69) is 17.0 Å². The van der Waals surface area contributed by atoms with Crippen molar-refractivity contribution < 1.29 is 17.9 Å². The van der Waals surface area contributed by atoms with Crippen molar-refractivity contribution in [3.05, 3.63) is 29.8 Å². The van der Waals surface area contributed by atoms with Gasteiger partial charge in [-0.15, -0.1) is 0 Å². The Morgan fingerprint density at radius 2 is 1.79 bits per heavy atom. The van der Waals surface area contributed by atoms with Crippen molar-refractivity contribution in [2.75, 3.05) is 46.1 Å². The van der Waals surface area contributed by atoms with Gasteiger partial charge in [0.2, 0.25) is 15.9 Å². The van der Waals surface area contributed by atoms with Crippen LogP contribution >= 0.6 is 0 Å². The Hall–Kier alpha value is -1.64. The molecule has 0 unspecified atom stereocenters. The zero-order chi connectivity index (χ0) is 20.1. The summed E-state index contributed by atoms with van der Waals surface area (Å²) in [6.07, 6.45) is 4.45. The minimum atomic E-state index is -3.36. The first-order valence-corrected chi connectivity index (χ1v) is 11.8. The van der Waals surface area contributed by atoms with E-state index in [1.165, 1.54) is 16.1 Å². The number of carbonyl (C=O) groups is 1. The number of sulfonamides is 1. The van der Waals surface area contributed by atoms with Crippen LogP contribution in [0, 0.1) is 0 Å². The Morgan fingerprint density at radius 1 is 1.04 bits per heavy atom. The number of methoxy groups -OCH3 is 1. The molecule has 2 aliphatic heterocycles. The molecule has 1 aromatic carbocycles. The Bertz CT molecular complexity index is 766. The summed E-state index contributed by atoms with van der Waals surface area (Å²) in [5, 5.41) is 0. The fourth-order valence-electron chi connectivity index (χ4n) is 4.10. The van der Waals surface area contributed by atoms with E-state index in [4.69, 9.17) is 4.74 Å². The van der Waals surface area contributed by atoms with E-state index in [1.54, 1.807) is 7.11 Å². The van der Waals surface area contributed by atoms with Gasteiger partial charge in [0.05, 0.1) is 13.4 Å². The molecule has 0 aromatic heterocycles. The van der Waals surface area contributed by atoms with Crippen LogP contribution < -0.4 is 4.74 Å². The molecule has 2 heterocycles. The number of benzene rings is 1. The van der Waals surface area contributed by atoms with Gasteiger partial charge in [-0.2, -0.15) is 4.31 Å². The van der Waals surface area contributed by atoms with Gasteiger partial charge < -0.3 is 9.64 Å². The summed E-state index contributed by atoms with van der Waals surface area (Å²) in [4.78, 5) is 17.3. The summed E-state index contributed by atoms with van der Waals surface area (Å²) in [5.41, 5.74) is 1.22. The highest BCUT2D eigenvalue weighted by Crippen LogP contribution is 2.22. The molecule has 0 spiro atoms. The van der Waals surface area contributed by atoms with Crippen LogP contribution in [-0.2, 0) is 21.4 Å². The minimum absolute atomic E-state index is 0.0311. The quantitative estimate of drug-likeness (QED) is 0.738. The minimum Gasteiger partial charge on any atom is -0.497 e. The first-order chi connectivity index (χ1) is 13.4. The van der Waals surface area contributed by atoms with Crippen LogP contribution in [0.2, 0.25) is 0 Å². The standard InChI is InChI=1S/C20H31N3O4S/c1-27-18-9-7-17(8-10-18)16-21-11-5-12-22(15-14-21)20(24)19-6-3-4-13-23(19)28(2,25)26/h7-10,19H,3-6,11-16H2,1-2H3/t19-/m1/s1. The van der Waals surface area contributed by atoms with Gasteiger partial charge >= 0.3 is 0 Å². The molecule has 28 heavy (non-hydrogen) atoms. The fraction of sp³-hybridized carbons (Fsp3) is 0.650. The molecule has 3 rings (SSSR count). The highest BCUT2D eigenvalue weighted by molar-refractivity contribution is 7.88. The monoisotopic (exact) mass is 409 g/mol. The largest absolute Gasteiger partial charge is 0.497 e. The van der Waals surface area contributed by atoms with Gasteiger partial charge in [-0.05, 0) is 37.0 Å². The van der Waals surface area contributed by atoms with E-state index in [9.17, 15) is 13.2 Å². The molecule has 2 fully saturated rings. The van der Waals surface area contributed by atoms with Gasteiger partial charge in [-0.1, -0.05) is 18.6 Å². The molecule has 7 nitrogen and oxygen atoms in total. The molecule has 2 saturated heterocycles. The van der Waals surface area contributed by atoms with Crippen molar-refractivity contribution in [2.45, 2.75) is 38.3 Å². The van der Waals surface area contributed by atoms with E-state index in [-0.39, 0.29) is 5.91 Å². The Kier molecular flexibility index (Phi) is 6.95. The number of carbonyl (C=O) groups excluding carboxylic acids is 1. The Labute approximate surface area is 168 Å². The van der Waals surface area contributed by atoms with Gasteiger partial charge in [0.15, 0.2) is 0 Å². The molecule has 0 bridgehead atoms. The number of piperidine rings is 1. The van der Waals surface area contributed by atoms with E-state index < -0.39 is 16.1 Å². The van der Waals surface area contributed by atoms with Crippen molar-refractivity contribution in [3.8, 4) is 5.75 Å². The summed E-state index contributed by atoms with van der Waals surface area (Å²) in [6, 6.07) is 7.53. The zero-order valence-electron chi connectivity index (χ0n) is 16.8. The number of ether oxygens (including phenoxy) is 1. The number of hydrogen-bond acceptors (Lipinski definition) is 5. The lowest BCUT2D eigenvalue weighted by atomic mass is 10.0. The van der Waals surface area contributed by atoms with Gasteiger partial charge in [0.25, 0.3) is 0 Å². The van der Waals surface area contributed by atoms with E-state index >= 15 is 0 Å². The van der Waals surface area contributed by atoms with Crippen molar-refractivity contribution in [1.29, 1.82) is 0 Å². The lowest BCUT2D eigenvalue weighted by molar-refractivity contribution is -0.136. The number of hydrogen-bond donors (Lipinski definition) is 0. The molecule has 0 saturated carbocycles. The van der Waals surface area contributed by atoms with Crippen molar-refractivity contribution in [3.63, 3.8) is 0 Å². The normalized spacial score (nSPS) is 22.6. The zero-order valence-corrected chi connectivity index (χ0v) is 17.7. The second kappa shape index (κ2) is 9.24. The SMILES string of the molecule is COc1ccc(CN2CCCN(C(=O)[C@H]3CCCCN3S(C)(=O)=O)CC2)cc1. The van der Waals surface area contributed by atoms with Crippen LogP contribution in [0.4, 0.5) is 0 Å². The average Bonchev–Trinajstić information content (AvgIpc) is 2.93. The lowest BCUT2D eigenvalue weighted by Crippen LogP contribution is -2.53. The Morgan fingerprint density at radius 3 is 2.46 bits per heavy atom. The van der Waals surface area contributed by atoms with Gasteiger partial charge in [0.1, 0.15) is 11.8 Å². The molecule has 8 heteroatoms. The summed E-state index contributed by atoms with van der Waals surface area (Å²) < 4.78 is 30.8. The topological polar surface area (TPSA) is 70.2 Å². The molecule has 0 aliphatic carbocycles. The molecule has 2 aliphatic rings. The second-order valence-electron chi connectivity index (χ2n) is 7.69. The molecule has 0 N–H and O–H groups in total. The molecule has 156 valence electrons. The third kappa shape index (κ3) is 5.24. The molecule has 1 aromatic rings. The summed E-state index contributed by atoms with van der Waals surface area (Å²) in [6.45, 7) is 4.34. The summed E-state index contributed by atoms with van der Waals surface area (Å²) in [7, 11) is -1.70. The van der Waals surface area contributed by atoms with Gasteiger partial charge in [-0.25, -0.2) is 8.42 Å². The molecule has 1 atom stereocenters. The van der Waals surface area contributed by atoms with Crippen molar-refractivity contribution >= 4 is 15.9 Å². The van der Waals surface area contributed by atoms with Gasteiger partial charge in [0, 0.05) is 39.3 Å². The fourth-order valence-corrected chi connectivity index (χ4v) is 5.22. The van der Waals surface area contributed by atoms with Crippen molar-refractivity contribution in [2.24, 2.45) is 0 Å². The maximum absolute atomic E-state index is 13.1. The first kappa shape index (κ1) is 21.1. The van der Waals surface area contributed by atoms with Crippen LogP contribution in [0.3, 0.4) is 0 Å². The maximum atomic E-state index is 13.1.